The molecule has 0 fully saturated rings. The van der Waals surface area contributed by atoms with Crippen molar-refractivity contribution in [2.45, 2.75) is 27.2 Å². The zero-order chi connectivity index (χ0) is 21.8. The van der Waals surface area contributed by atoms with Crippen molar-refractivity contribution in [2.75, 3.05) is 34.0 Å². The van der Waals surface area contributed by atoms with Crippen molar-refractivity contribution in [3.05, 3.63) is 59.2 Å². The maximum atomic E-state index is 5.99. The van der Waals surface area contributed by atoms with Crippen molar-refractivity contribution in [1.82, 2.24) is 0 Å². The second-order valence-corrected chi connectivity index (χ2v) is 6.64. The fourth-order valence-corrected chi connectivity index (χ4v) is 2.87. The van der Waals surface area contributed by atoms with Crippen LogP contribution < -0.4 is 18.9 Å². The van der Waals surface area contributed by atoms with E-state index in [1.54, 1.807) is 13.3 Å². The van der Waals surface area contributed by atoms with Crippen molar-refractivity contribution < 1.29 is 23.8 Å². The third-order valence-electron chi connectivity index (χ3n) is 4.30. The van der Waals surface area contributed by atoms with Crippen LogP contribution in [0.25, 0.3) is 0 Å². The number of nitrogens with zero attached hydrogens (tertiary/aromatic N) is 1. The van der Waals surface area contributed by atoms with Gasteiger partial charge in [-0.15, -0.1) is 0 Å². The Morgan fingerprint density at radius 1 is 0.900 bits per heavy atom. The quantitative estimate of drug-likeness (QED) is 0.210. The molecular formula is C24H31NO5. The Kier molecular flexibility index (Phi) is 9.58. The monoisotopic (exact) mass is 413 g/mol. The van der Waals surface area contributed by atoms with Gasteiger partial charge in [-0.25, -0.2) is 0 Å². The lowest BCUT2D eigenvalue weighted by Gasteiger charge is -2.15. The fourth-order valence-electron chi connectivity index (χ4n) is 2.87. The molecule has 0 aliphatic rings. The lowest BCUT2D eigenvalue weighted by molar-refractivity contribution is 0.215. The summed E-state index contributed by atoms with van der Waals surface area (Å²) in [6.45, 7) is 7.67. The Morgan fingerprint density at radius 3 is 2.30 bits per heavy atom. The van der Waals surface area contributed by atoms with Crippen LogP contribution in [0.15, 0.2) is 47.6 Å². The Balaban J connectivity index is 1.85. The topological polar surface area (TPSA) is 58.5 Å². The highest BCUT2D eigenvalue weighted by Crippen LogP contribution is 2.29. The lowest BCUT2D eigenvalue weighted by Crippen LogP contribution is -2.07. The van der Waals surface area contributed by atoms with E-state index in [2.05, 4.69) is 5.16 Å². The van der Waals surface area contributed by atoms with Crippen molar-refractivity contribution in [3.63, 3.8) is 0 Å². The van der Waals surface area contributed by atoms with Gasteiger partial charge in [0, 0.05) is 12.0 Å². The van der Waals surface area contributed by atoms with E-state index < -0.39 is 0 Å². The van der Waals surface area contributed by atoms with Gasteiger partial charge in [0.05, 0.1) is 26.5 Å². The normalized spacial score (nSPS) is 11.1. The first-order valence-electron chi connectivity index (χ1n) is 9.94. The minimum atomic E-state index is 0.518. The maximum Gasteiger partial charge on any atom is 0.161 e. The van der Waals surface area contributed by atoms with Gasteiger partial charge in [0.15, 0.2) is 11.5 Å². The molecule has 0 radical (unpaired) electrons. The predicted molar refractivity (Wildman–Crippen MR) is 119 cm³/mol. The molecule has 0 N–H and O–H groups in total. The van der Waals surface area contributed by atoms with Crippen molar-refractivity contribution in [3.8, 4) is 23.0 Å². The molecule has 6 heteroatoms. The zero-order valence-electron chi connectivity index (χ0n) is 18.4. The molecule has 0 heterocycles. The van der Waals surface area contributed by atoms with E-state index in [0.717, 1.165) is 34.6 Å². The summed E-state index contributed by atoms with van der Waals surface area (Å²) in [7, 11) is 3.11. The van der Waals surface area contributed by atoms with E-state index in [9.17, 15) is 0 Å². The van der Waals surface area contributed by atoms with Gasteiger partial charge in [-0.1, -0.05) is 17.3 Å². The molecule has 0 saturated carbocycles. The summed E-state index contributed by atoms with van der Waals surface area (Å²) in [6.07, 6.45) is 6.31. The number of methoxy groups -OCH3 is 1. The van der Waals surface area contributed by atoms with Crippen LogP contribution >= 0.6 is 0 Å². The van der Waals surface area contributed by atoms with Gasteiger partial charge >= 0.3 is 0 Å². The second kappa shape index (κ2) is 12.4. The summed E-state index contributed by atoms with van der Waals surface area (Å²) in [5.41, 5.74) is 2.98. The van der Waals surface area contributed by atoms with E-state index in [0.29, 0.717) is 31.3 Å². The standard InChI is InChI=1S/C24H31NO5/c1-6-7-11-28-21-14-18(2)24(19(3)15-21)30-13-8-12-29-22-10-9-20(17-25-27-5)16-23(22)26-4/h6-7,9-10,14-17H,8,11-13H2,1-5H3/b7-6+,25-17+. The molecule has 0 saturated heterocycles. The van der Waals surface area contributed by atoms with Gasteiger partial charge in [0.25, 0.3) is 0 Å². The van der Waals surface area contributed by atoms with Crippen LogP contribution in [-0.2, 0) is 4.84 Å². The van der Waals surface area contributed by atoms with E-state index in [-0.39, 0.29) is 0 Å². The summed E-state index contributed by atoms with van der Waals surface area (Å²) < 4.78 is 23.0. The van der Waals surface area contributed by atoms with Gasteiger partial charge in [0.2, 0.25) is 0 Å². The SMILES string of the molecule is C/C=C/COc1cc(C)c(OCCCOc2ccc(/C=N/OC)cc2OC)c(C)c1. The number of oxime groups is 1. The fraction of sp³-hybridized carbons (Fsp3) is 0.375. The lowest BCUT2D eigenvalue weighted by atomic mass is 10.1. The number of benzene rings is 2. The van der Waals surface area contributed by atoms with Gasteiger partial charge < -0.3 is 23.8 Å². The van der Waals surface area contributed by atoms with Gasteiger partial charge in [-0.2, -0.15) is 0 Å². The molecule has 2 aromatic rings. The average molecular weight is 414 g/mol. The summed E-state index contributed by atoms with van der Waals surface area (Å²) in [6, 6.07) is 9.60. The number of hydrogen-bond acceptors (Lipinski definition) is 6. The highest BCUT2D eigenvalue weighted by molar-refractivity contribution is 5.80. The minimum Gasteiger partial charge on any atom is -0.493 e. The van der Waals surface area contributed by atoms with Crippen LogP contribution in [0, 0.1) is 13.8 Å². The van der Waals surface area contributed by atoms with Crippen molar-refractivity contribution >= 4 is 6.21 Å². The molecule has 30 heavy (non-hydrogen) atoms. The van der Waals surface area contributed by atoms with Crippen LogP contribution in [0.3, 0.4) is 0 Å². The minimum absolute atomic E-state index is 0.518. The summed E-state index contributed by atoms with van der Waals surface area (Å²) >= 11 is 0. The van der Waals surface area contributed by atoms with Crippen molar-refractivity contribution in [1.29, 1.82) is 0 Å². The van der Waals surface area contributed by atoms with Crippen LogP contribution in [-0.4, -0.2) is 40.3 Å². The molecule has 0 amide bonds. The first-order valence-corrected chi connectivity index (χ1v) is 9.94. The number of rotatable bonds is 12. The summed E-state index contributed by atoms with van der Waals surface area (Å²) in [4.78, 5) is 4.70. The molecule has 162 valence electrons. The van der Waals surface area contributed by atoms with Crippen LogP contribution in [0.5, 0.6) is 23.0 Å². The Morgan fingerprint density at radius 2 is 1.63 bits per heavy atom. The van der Waals surface area contributed by atoms with Gasteiger partial charge in [0.1, 0.15) is 25.2 Å². The molecule has 6 nitrogen and oxygen atoms in total. The second-order valence-electron chi connectivity index (χ2n) is 6.64. The Labute approximate surface area is 179 Å². The molecule has 0 bridgehead atoms. The smallest absolute Gasteiger partial charge is 0.161 e. The predicted octanol–water partition coefficient (Wildman–Crippen LogP) is 5.10. The molecule has 2 aromatic carbocycles. The largest absolute Gasteiger partial charge is 0.493 e. The third kappa shape index (κ3) is 7.03. The highest BCUT2D eigenvalue weighted by Gasteiger charge is 2.08. The third-order valence-corrected chi connectivity index (χ3v) is 4.30. The molecule has 0 spiro atoms. The van der Waals surface area contributed by atoms with Crippen molar-refractivity contribution in [2.24, 2.45) is 5.16 Å². The van der Waals surface area contributed by atoms with E-state index in [4.69, 9.17) is 23.8 Å². The van der Waals surface area contributed by atoms with Crippen LogP contribution in [0.1, 0.15) is 30.0 Å². The van der Waals surface area contributed by atoms with Gasteiger partial charge in [-0.05, 0) is 62.2 Å². The van der Waals surface area contributed by atoms with E-state index in [1.165, 1.54) is 7.11 Å². The molecule has 0 atom stereocenters. The van der Waals surface area contributed by atoms with Crippen LogP contribution in [0.4, 0.5) is 0 Å². The first kappa shape index (κ1) is 23.1. The zero-order valence-corrected chi connectivity index (χ0v) is 18.4. The van der Waals surface area contributed by atoms with E-state index >= 15 is 0 Å². The molecule has 0 unspecified atom stereocenters. The van der Waals surface area contributed by atoms with E-state index in [1.807, 2.05) is 63.3 Å². The number of ether oxygens (including phenoxy) is 4. The average Bonchev–Trinajstić information content (AvgIpc) is 2.74. The van der Waals surface area contributed by atoms with Crippen LogP contribution in [0.2, 0.25) is 0 Å². The molecule has 0 aliphatic carbocycles. The summed E-state index contributed by atoms with van der Waals surface area (Å²) in [5, 5.41) is 3.75. The maximum absolute atomic E-state index is 5.99. The molecule has 2 rings (SSSR count). The number of allylic oxidation sites excluding steroid dienone is 1. The molecule has 0 aliphatic heterocycles. The first-order chi connectivity index (χ1) is 14.6. The number of aryl methyl sites for hydroxylation is 2. The van der Waals surface area contributed by atoms with Gasteiger partial charge in [-0.3, -0.25) is 0 Å². The molecular weight excluding hydrogens is 382 g/mol. The Hall–Kier alpha value is -3.15. The highest BCUT2D eigenvalue weighted by atomic mass is 16.6. The summed E-state index contributed by atoms with van der Waals surface area (Å²) in [5.74, 6) is 3.08. The Bertz CT molecular complexity index is 838. The number of hydrogen-bond donors (Lipinski definition) is 0. The molecule has 0 aromatic heterocycles.